The lowest BCUT2D eigenvalue weighted by molar-refractivity contribution is -0.141. The topological polar surface area (TPSA) is 46.9 Å². The molecule has 1 aromatic heterocycles. The van der Waals surface area contributed by atoms with Crippen LogP contribution < -0.4 is 5.32 Å². The van der Waals surface area contributed by atoms with Crippen LogP contribution in [-0.4, -0.2) is 21.7 Å². The van der Waals surface area contributed by atoms with Crippen LogP contribution in [0.4, 0.5) is 13.2 Å². The van der Waals surface area contributed by atoms with Crippen molar-refractivity contribution >= 4 is 5.91 Å². The molecule has 0 aliphatic heterocycles. The molecule has 0 bridgehead atoms. The first-order valence-electron chi connectivity index (χ1n) is 8.51. The number of aryl methyl sites for hydroxylation is 1. The highest BCUT2D eigenvalue weighted by Gasteiger charge is 2.35. The monoisotopic (exact) mass is 345 g/mol. The molecule has 0 saturated heterocycles. The van der Waals surface area contributed by atoms with Crippen molar-refractivity contribution in [1.82, 2.24) is 15.1 Å². The van der Waals surface area contributed by atoms with Crippen LogP contribution in [0, 0.1) is 24.7 Å². The third kappa shape index (κ3) is 4.30. The smallest absolute Gasteiger partial charge is 0.353 e. The molecule has 1 aliphatic carbocycles. The van der Waals surface area contributed by atoms with E-state index in [2.05, 4.69) is 24.3 Å². The number of carbonyl (C=O) groups is 1. The Balaban J connectivity index is 1.98. The number of nitrogens with one attached hydrogen (secondary N) is 1. The van der Waals surface area contributed by atoms with Gasteiger partial charge in [0.1, 0.15) is 0 Å². The number of aromatic nitrogens is 2. The summed E-state index contributed by atoms with van der Waals surface area (Å²) in [6, 6.07) is 1.16. The van der Waals surface area contributed by atoms with E-state index in [1.54, 1.807) is 13.8 Å². The first-order valence-corrected chi connectivity index (χ1v) is 8.51. The summed E-state index contributed by atoms with van der Waals surface area (Å²) >= 11 is 0. The lowest BCUT2D eigenvalue weighted by Crippen LogP contribution is -2.46. The van der Waals surface area contributed by atoms with Gasteiger partial charge in [-0.15, -0.1) is 0 Å². The maximum Gasteiger partial charge on any atom is 0.435 e. The normalized spacial score (nSPS) is 26.2. The van der Waals surface area contributed by atoms with Gasteiger partial charge in [-0.2, -0.15) is 18.3 Å². The zero-order chi connectivity index (χ0) is 18.1. The summed E-state index contributed by atoms with van der Waals surface area (Å²) in [5.41, 5.74) is -0.510. The summed E-state index contributed by atoms with van der Waals surface area (Å²) in [5, 5.41) is 6.66. The number of hydrogen-bond acceptors (Lipinski definition) is 2. The molecular formula is C17H26F3N3O. The number of alkyl halides is 3. The molecule has 1 heterocycles. The van der Waals surface area contributed by atoms with E-state index < -0.39 is 17.8 Å². The standard InChI is InChI=1S/C17H26F3N3O/c1-10-6-5-7-14(13(10)4)21-16(24)11(2)9-23-12(3)8-15(22-23)17(18,19)20/h8,10-11,13-14H,5-7,9H2,1-4H3,(H,21,24). The second kappa shape index (κ2) is 7.15. The van der Waals surface area contributed by atoms with E-state index >= 15 is 0 Å². The summed E-state index contributed by atoms with van der Waals surface area (Å²) in [6.45, 7) is 7.77. The maximum absolute atomic E-state index is 12.7. The molecule has 4 unspecified atom stereocenters. The summed E-state index contributed by atoms with van der Waals surface area (Å²) in [5.74, 6) is 0.429. The second-order valence-corrected chi connectivity index (χ2v) is 7.13. The van der Waals surface area contributed by atoms with Gasteiger partial charge in [0.25, 0.3) is 0 Å². The zero-order valence-electron chi connectivity index (χ0n) is 14.7. The molecule has 1 fully saturated rings. The Hall–Kier alpha value is -1.53. The fourth-order valence-corrected chi connectivity index (χ4v) is 3.29. The molecule has 136 valence electrons. The molecule has 0 radical (unpaired) electrons. The van der Waals surface area contributed by atoms with Crippen LogP contribution in [0.3, 0.4) is 0 Å². The third-order valence-electron chi connectivity index (χ3n) is 5.20. The van der Waals surface area contributed by atoms with E-state index in [1.807, 2.05) is 0 Å². The Labute approximate surface area is 140 Å². The number of halogens is 3. The average Bonchev–Trinajstić information content (AvgIpc) is 2.85. The highest BCUT2D eigenvalue weighted by molar-refractivity contribution is 5.78. The lowest BCUT2D eigenvalue weighted by atomic mass is 9.78. The number of amides is 1. The molecule has 1 N–H and O–H groups in total. The van der Waals surface area contributed by atoms with Gasteiger partial charge in [0.05, 0.1) is 12.5 Å². The van der Waals surface area contributed by atoms with E-state index in [0.29, 0.717) is 17.5 Å². The first-order chi connectivity index (χ1) is 11.1. The largest absolute Gasteiger partial charge is 0.435 e. The van der Waals surface area contributed by atoms with Crippen molar-refractivity contribution < 1.29 is 18.0 Å². The predicted molar refractivity (Wildman–Crippen MR) is 85.2 cm³/mol. The van der Waals surface area contributed by atoms with Gasteiger partial charge in [0.2, 0.25) is 5.91 Å². The number of rotatable bonds is 4. The Morgan fingerprint density at radius 1 is 1.42 bits per heavy atom. The predicted octanol–water partition coefficient (Wildman–Crippen LogP) is 3.79. The second-order valence-electron chi connectivity index (χ2n) is 7.13. The Kier molecular flexibility index (Phi) is 5.60. The van der Waals surface area contributed by atoms with E-state index in [4.69, 9.17) is 0 Å². The van der Waals surface area contributed by atoms with Crippen molar-refractivity contribution in [2.45, 2.75) is 65.7 Å². The molecule has 1 aliphatic rings. The molecule has 4 nitrogen and oxygen atoms in total. The van der Waals surface area contributed by atoms with Gasteiger partial charge in [-0.25, -0.2) is 0 Å². The fraction of sp³-hybridized carbons (Fsp3) is 0.765. The molecule has 1 amide bonds. The maximum atomic E-state index is 12.7. The molecule has 24 heavy (non-hydrogen) atoms. The third-order valence-corrected chi connectivity index (χ3v) is 5.20. The zero-order valence-corrected chi connectivity index (χ0v) is 14.7. The van der Waals surface area contributed by atoms with Crippen molar-refractivity contribution in [3.8, 4) is 0 Å². The lowest BCUT2D eigenvalue weighted by Gasteiger charge is -2.35. The van der Waals surface area contributed by atoms with E-state index in [0.717, 1.165) is 18.9 Å². The Morgan fingerprint density at radius 2 is 2.08 bits per heavy atom. The van der Waals surface area contributed by atoms with Crippen LogP contribution in [0.15, 0.2) is 6.07 Å². The molecule has 0 spiro atoms. The summed E-state index contributed by atoms with van der Waals surface area (Å²) in [4.78, 5) is 12.4. The summed E-state index contributed by atoms with van der Waals surface area (Å²) in [6.07, 6.45) is -1.23. The van der Waals surface area contributed by atoms with Crippen LogP contribution in [0.2, 0.25) is 0 Å². The minimum absolute atomic E-state index is 0.121. The highest BCUT2D eigenvalue weighted by Crippen LogP contribution is 2.30. The van der Waals surface area contributed by atoms with Crippen molar-refractivity contribution in [1.29, 1.82) is 0 Å². The van der Waals surface area contributed by atoms with Crippen LogP contribution in [0.5, 0.6) is 0 Å². The first kappa shape index (κ1) is 18.8. The van der Waals surface area contributed by atoms with E-state index in [9.17, 15) is 18.0 Å². The quantitative estimate of drug-likeness (QED) is 0.902. The van der Waals surface area contributed by atoms with Gasteiger partial charge in [-0.1, -0.05) is 33.6 Å². The van der Waals surface area contributed by atoms with Crippen LogP contribution >= 0.6 is 0 Å². The van der Waals surface area contributed by atoms with E-state index in [1.165, 1.54) is 11.1 Å². The van der Waals surface area contributed by atoms with Gasteiger partial charge in [-0.3, -0.25) is 9.48 Å². The van der Waals surface area contributed by atoms with Crippen LogP contribution in [-0.2, 0) is 17.5 Å². The molecule has 4 atom stereocenters. The van der Waals surface area contributed by atoms with Crippen LogP contribution in [0.1, 0.15) is 51.4 Å². The molecule has 1 aromatic rings. The van der Waals surface area contributed by atoms with E-state index in [-0.39, 0.29) is 18.5 Å². The molecular weight excluding hydrogens is 319 g/mol. The summed E-state index contributed by atoms with van der Waals surface area (Å²) in [7, 11) is 0. The van der Waals surface area contributed by atoms with Crippen molar-refractivity contribution in [2.24, 2.45) is 17.8 Å². The van der Waals surface area contributed by atoms with Crippen molar-refractivity contribution in [3.05, 3.63) is 17.5 Å². The fourth-order valence-electron chi connectivity index (χ4n) is 3.29. The van der Waals surface area contributed by atoms with Gasteiger partial charge in [0.15, 0.2) is 5.69 Å². The van der Waals surface area contributed by atoms with Gasteiger partial charge >= 0.3 is 6.18 Å². The SMILES string of the molecule is Cc1cc(C(F)(F)F)nn1CC(C)C(=O)NC1CCCC(C)C1C. The van der Waals surface area contributed by atoms with Crippen LogP contribution in [0.25, 0.3) is 0 Å². The van der Waals surface area contributed by atoms with Gasteiger partial charge < -0.3 is 5.32 Å². The number of nitrogens with zero attached hydrogens (tertiary/aromatic N) is 2. The molecule has 7 heteroatoms. The Morgan fingerprint density at radius 3 is 2.67 bits per heavy atom. The average molecular weight is 345 g/mol. The number of carbonyl (C=O) groups excluding carboxylic acids is 1. The molecule has 0 aromatic carbocycles. The summed E-state index contributed by atoms with van der Waals surface area (Å²) < 4.78 is 39.4. The number of hydrogen-bond donors (Lipinski definition) is 1. The molecule has 2 rings (SSSR count). The molecule has 1 saturated carbocycles. The van der Waals surface area contributed by atoms with Crippen molar-refractivity contribution in [2.75, 3.05) is 0 Å². The highest BCUT2D eigenvalue weighted by atomic mass is 19.4. The van der Waals surface area contributed by atoms with Gasteiger partial charge in [-0.05, 0) is 31.2 Å². The minimum atomic E-state index is -4.46. The van der Waals surface area contributed by atoms with Crippen molar-refractivity contribution in [3.63, 3.8) is 0 Å². The Bertz CT molecular complexity index is 582. The minimum Gasteiger partial charge on any atom is -0.353 e. The van der Waals surface area contributed by atoms with Gasteiger partial charge in [0, 0.05) is 11.7 Å².